The highest BCUT2D eigenvalue weighted by Crippen LogP contribution is 2.51. The van der Waals surface area contributed by atoms with E-state index in [1.54, 1.807) is 0 Å². The Kier molecular flexibility index (Phi) is 3.12. The van der Waals surface area contributed by atoms with Crippen LogP contribution in [0, 0.1) is 23.7 Å². The molecule has 1 saturated heterocycles. The highest BCUT2D eigenvalue weighted by molar-refractivity contribution is 5.06. The Morgan fingerprint density at radius 2 is 0.889 bits per heavy atom. The third-order valence-electron chi connectivity index (χ3n) is 6.49. The summed E-state index contributed by atoms with van der Waals surface area (Å²) < 4.78 is 0. The Bertz CT molecular complexity index is 214. The van der Waals surface area contributed by atoms with Gasteiger partial charge in [-0.25, -0.2) is 0 Å². The standard InChI is InChI=1S/C16H28N2/c1-3-7-13-11(5-1)12-6-2-4-8-14(12)16-15(13)17-9-10-18-16/h11-18H,1-10H2. The topological polar surface area (TPSA) is 24.1 Å². The fourth-order valence-corrected chi connectivity index (χ4v) is 5.90. The second-order valence-electron chi connectivity index (χ2n) is 7.18. The van der Waals surface area contributed by atoms with Crippen molar-refractivity contribution in [2.24, 2.45) is 23.7 Å². The Hall–Kier alpha value is -0.0800. The monoisotopic (exact) mass is 248 g/mol. The fourth-order valence-electron chi connectivity index (χ4n) is 5.90. The van der Waals surface area contributed by atoms with Crippen LogP contribution in [0.2, 0.25) is 0 Å². The Balaban J connectivity index is 1.64. The summed E-state index contributed by atoms with van der Waals surface area (Å²) in [5, 5.41) is 7.78. The van der Waals surface area contributed by atoms with Gasteiger partial charge in [0, 0.05) is 25.2 Å². The smallest absolute Gasteiger partial charge is 0.0255 e. The maximum atomic E-state index is 3.89. The Morgan fingerprint density at radius 3 is 1.33 bits per heavy atom. The SMILES string of the molecule is C1CCC2C(C1)C1CCCCC1C1NCCNC21. The molecule has 0 amide bonds. The normalized spacial score (nSPS) is 52.0. The maximum Gasteiger partial charge on any atom is 0.0255 e. The largest absolute Gasteiger partial charge is 0.311 e. The van der Waals surface area contributed by atoms with Crippen LogP contribution in [0.5, 0.6) is 0 Å². The zero-order valence-electron chi connectivity index (χ0n) is 11.5. The molecule has 4 aliphatic rings. The van der Waals surface area contributed by atoms with Crippen molar-refractivity contribution in [2.45, 2.75) is 63.5 Å². The second-order valence-corrected chi connectivity index (χ2v) is 7.18. The molecule has 0 spiro atoms. The van der Waals surface area contributed by atoms with Crippen LogP contribution in [0.25, 0.3) is 0 Å². The van der Waals surface area contributed by atoms with Crippen LogP contribution in [0.1, 0.15) is 51.4 Å². The quantitative estimate of drug-likeness (QED) is 0.688. The molecule has 2 N–H and O–H groups in total. The summed E-state index contributed by atoms with van der Waals surface area (Å²) in [5.74, 6) is 4.13. The molecule has 2 heteroatoms. The summed E-state index contributed by atoms with van der Waals surface area (Å²) in [6, 6.07) is 1.62. The Morgan fingerprint density at radius 1 is 0.500 bits per heavy atom. The van der Waals surface area contributed by atoms with Crippen LogP contribution in [-0.2, 0) is 0 Å². The first-order chi connectivity index (χ1) is 8.95. The van der Waals surface area contributed by atoms with Gasteiger partial charge >= 0.3 is 0 Å². The van der Waals surface area contributed by atoms with Gasteiger partial charge in [0.05, 0.1) is 0 Å². The summed E-state index contributed by atoms with van der Waals surface area (Å²) >= 11 is 0. The minimum absolute atomic E-state index is 0.809. The molecule has 2 nitrogen and oxygen atoms in total. The predicted octanol–water partition coefficient (Wildman–Crippen LogP) is 2.54. The van der Waals surface area contributed by atoms with E-state index in [1.165, 1.54) is 64.5 Å². The predicted molar refractivity (Wildman–Crippen MR) is 74.5 cm³/mol. The minimum Gasteiger partial charge on any atom is -0.311 e. The van der Waals surface area contributed by atoms with E-state index in [0.717, 1.165) is 35.8 Å². The van der Waals surface area contributed by atoms with Crippen molar-refractivity contribution in [3.63, 3.8) is 0 Å². The molecule has 1 heterocycles. The van der Waals surface area contributed by atoms with Gasteiger partial charge in [-0.15, -0.1) is 0 Å². The van der Waals surface area contributed by atoms with E-state index in [2.05, 4.69) is 10.6 Å². The highest BCUT2D eigenvalue weighted by Gasteiger charge is 2.51. The van der Waals surface area contributed by atoms with Crippen LogP contribution in [0.3, 0.4) is 0 Å². The number of fused-ring (bicyclic) bond motifs is 6. The second kappa shape index (κ2) is 4.79. The van der Waals surface area contributed by atoms with E-state index in [9.17, 15) is 0 Å². The fraction of sp³-hybridized carbons (Fsp3) is 1.00. The summed E-state index contributed by atoms with van der Waals surface area (Å²) in [5.41, 5.74) is 0. The number of piperazine rings is 1. The number of hydrogen-bond acceptors (Lipinski definition) is 2. The molecule has 0 bridgehead atoms. The molecule has 4 rings (SSSR count). The van der Waals surface area contributed by atoms with Crippen LogP contribution in [-0.4, -0.2) is 25.2 Å². The highest BCUT2D eigenvalue weighted by atomic mass is 15.1. The number of rotatable bonds is 0. The van der Waals surface area contributed by atoms with E-state index >= 15 is 0 Å². The van der Waals surface area contributed by atoms with Gasteiger partial charge in [-0.05, 0) is 49.4 Å². The number of hydrogen-bond donors (Lipinski definition) is 2. The van der Waals surface area contributed by atoms with Crippen molar-refractivity contribution >= 4 is 0 Å². The third-order valence-corrected chi connectivity index (χ3v) is 6.49. The molecule has 6 unspecified atom stereocenters. The van der Waals surface area contributed by atoms with Gasteiger partial charge in [-0.1, -0.05) is 25.7 Å². The lowest BCUT2D eigenvalue weighted by molar-refractivity contribution is -0.0310. The summed E-state index contributed by atoms with van der Waals surface area (Å²) in [6.45, 7) is 2.39. The molecular weight excluding hydrogens is 220 g/mol. The van der Waals surface area contributed by atoms with Gasteiger partial charge in [0.1, 0.15) is 0 Å². The molecule has 0 aromatic carbocycles. The molecule has 3 aliphatic carbocycles. The van der Waals surface area contributed by atoms with Crippen molar-refractivity contribution in [1.29, 1.82) is 0 Å². The molecule has 18 heavy (non-hydrogen) atoms. The molecule has 3 saturated carbocycles. The zero-order chi connectivity index (χ0) is 11.9. The molecule has 0 aromatic heterocycles. The van der Waals surface area contributed by atoms with E-state index in [0.29, 0.717) is 0 Å². The first-order valence-electron chi connectivity index (χ1n) is 8.42. The van der Waals surface area contributed by atoms with Crippen molar-refractivity contribution in [2.75, 3.05) is 13.1 Å². The lowest BCUT2D eigenvalue weighted by Crippen LogP contribution is -2.68. The van der Waals surface area contributed by atoms with Gasteiger partial charge in [0.2, 0.25) is 0 Å². The molecule has 4 fully saturated rings. The first kappa shape index (κ1) is 11.7. The van der Waals surface area contributed by atoms with Crippen molar-refractivity contribution < 1.29 is 0 Å². The molecule has 6 atom stereocenters. The van der Waals surface area contributed by atoms with Crippen LogP contribution in [0.15, 0.2) is 0 Å². The van der Waals surface area contributed by atoms with E-state index in [1.807, 2.05) is 0 Å². The first-order valence-corrected chi connectivity index (χ1v) is 8.42. The summed E-state index contributed by atoms with van der Waals surface area (Å²) in [7, 11) is 0. The lowest BCUT2D eigenvalue weighted by Gasteiger charge is -2.57. The van der Waals surface area contributed by atoms with Crippen LogP contribution >= 0.6 is 0 Å². The zero-order valence-corrected chi connectivity index (χ0v) is 11.5. The van der Waals surface area contributed by atoms with Crippen molar-refractivity contribution in [3.05, 3.63) is 0 Å². The number of nitrogens with one attached hydrogen (secondary N) is 2. The molecular formula is C16H28N2. The average molecular weight is 248 g/mol. The van der Waals surface area contributed by atoms with Gasteiger partial charge < -0.3 is 10.6 Å². The average Bonchev–Trinajstić information content (AvgIpc) is 2.48. The molecule has 0 aromatic rings. The van der Waals surface area contributed by atoms with Gasteiger partial charge in [0.15, 0.2) is 0 Å². The summed E-state index contributed by atoms with van der Waals surface area (Å²) in [4.78, 5) is 0. The van der Waals surface area contributed by atoms with E-state index in [4.69, 9.17) is 0 Å². The van der Waals surface area contributed by atoms with Crippen LogP contribution in [0.4, 0.5) is 0 Å². The molecule has 0 radical (unpaired) electrons. The minimum atomic E-state index is 0.809. The summed E-state index contributed by atoms with van der Waals surface area (Å²) in [6.07, 6.45) is 12.1. The van der Waals surface area contributed by atoms with Gasteiger partial charge in [-0.2, -0.15) is 0 Å². The maximum absolute atomic E-state index is 3.89. The molecule has 102 valence electrons. The van der Waals surface area contributed by atoms with E-state index in [-0.39, 0.29) is 0 Å². The van der Waals surface area contributed by atoms with Crippen molar-refractivity contribution in [3.8, 4) is 0 Å². The van der Waals surface area contributed by atoms with Gasteiger partial charge in [0.25, 0.3) is 0 Å². The van der Waals surface area contributed by atoms with Crippen LogP contribution < -0.4 is 10.6 Å². The lowest BCUT2D eigenvalue weighted by atomic mass is 9.54. The Labute approximate surface area is 111 Å². The van der Waals surface area contributed by atoms with Gasteiger partial charge in [-0.3, -0.25) is 0 Å². The molecule has 1 aliphatic heterocycles. The third kappa shape index (κ3) is 1.76. The van der Waals surface area contributed by atoms with Crippen molar-refractivity contribution in [1.82, 2.24) is 10.6 Å². The van der Waals surface area contributed by atoms with E-state index < -0.39 is 0 Å².